The second kappa shape index (κ2) is 1.74. The highest BCUT2D eigenvalue weighted by Crippen LogP contribution is 2.10. The second-order valence-corrected chi connectivity index (χ2v) is 2.14. The van der Waals surface area contributed by atoms with E-state index in [1.54, 1.807) is 6.92 Å². The van der Waals surface area contributed by atoms with Crippen LogP contribution in [0.5, 0.6) is 0 Å². The van der Waals surface area contributed by atoms with Gasteiger partial charge in [0, 0.05) is 12.6 Å². The molecule has 0 saturated carbocycles. The van der Waals surface area contributed by atoms with E-state index < -0.39 is 5.97 Å². The molecule has 0 aromatic rings. The van der Waals surface area contributed by atoms with E-state index in [2.05, 4.69) is 5.32 Å². The van der Waals surface area contributed by atoms with Crippen molar-refractivity contribution in [2.45, 2.75) is 13.0 Å². The molecular formula is C5H9NO2. The summed E-state index contributed by atoms with van der Waals surface area (Å²) >= 11 is 0. The molecule has 1 rings (SSSR count). The van der Waals surface area contributed by atoms with Crippen LogP contribution in [0.2, 0.25) is 0 Å². The third-order valence-electron chi connectivity index (χ3n) is 1.43. The summed E-state index contributed by atoms with van der Waals surface area (Å²) in [6, 6.07) is 0.243. The van der Waals surface area contributed by atoms with Gasteiger partial charge in [-0.05, 0) is 0 Å². The molecule has 1 heterocycles. The fourth-order valence-electron chi connectivity index (χ4n) is 0.594. The van der Waals surface area contributed by atoms with E-state index in [1.165, 1.54) is 0 Å². The van der Waals surface area contributed by atoms with E-state index in [4.69, 9.17) is 5.11 Å². The number of carboxylic acid groups (broad SMARTS) is 1. The van der Waals surface area contributed by atoms with Gasteiger partial charge in [0.1, 0.15) is 0 Å². The zero-order valence-electron chi connectivity index (χ0n) is 4.72. The molecule has 1 fully saturated rings. The smallest absolute Gasteiger partial charge is 0.307 e. The fourth-order valence-corrected chi connectivity index (χ4v) is 0.594. The number of carbonyl (C=O) groups is 1. The van der Waals surface area contributed by atoms with Crippen molar-refractivity contribution >= 4 is 5.97 Å². The molecule has 0 aliphatic carbocycles. The minimum atomic E-state index is -0.708. The van der Waals surface area contributed by atoms with Crippen LogP contribution in [0, 0.1) is 5.92 Å². The summed E-state index contributed by atoms with van der Waals surface area (Å²) in [7, 11) is 0. The maximum Gasteiger partial charge on any atom is 0.307 e. The van der Waals surface area contributed by atoms with E-state index in [0.717, 1.165) is 6.54 Å². The number of carboxylic acids is 1. The topological polar surface area (TPSA) is 59.2 Å². The van der Waals surface area contributed by atoms with Gasteiger partial charge in [0.2, 0.25) is 0 Å². The molecule has 0 aromatic carbocycles. The van der Waals surface area contributed by atoms with Crippen LogP contribution < -0.4 is 5.32 Å². The molecule has 3 nitrogen and oxygen atoms in total. The Bertz CT molecular complexity index is 109. The lowest BCUT2D eigenvalue weighted by Crippen LogP contribution is -2.17. The molecule has 0 radical (unpaired) electrons. The summed E-state index contributed by atoms with van der Waals surface area (Å²) in [5, 5.41) is 11.3. The molecule has 0 unspecified atom stereocenters. The van der Waals surface area contributed by atoms with Crippen molar-refractivity contribution in [1.29, 1.82) is 0 Å². The third kappa shape index (κ3) is 0.980. The highest BCUT2D eigenvalue weighted by Gasteiger charge is 2.31. The van der Waals surface area contributed by atoms with E-state index in [0.29, 0.717) is 0 Å². The van der Waals surface area contributed by atoms with Gasteiger partial charge in [-0.15, -0.1) is 0 Å². The third-order valence-corrected chi connectivity index (χ3v) is 1.43. The first-order valence-electron chi connectivity index (χ1n) is 2.68. The molecule has 1 aliphatic heterocycles. The van der Waals surface area contributed by atoms with Gasteiger partial charge in [-0.3, -0.25) is 4.79 Å². The van der Waals surface area contributed by atoms with Crippen LogP contribution in [0.4, 0.5) is 0 Å². The Kier molecular flexibility index (Phi) is 1.21. The zero-order chi connectivity index (χ0) is 6.15. The molecule has 0 amide bonds. The summed E-state index contributed by atoms with van der Waals surface area (Å²) in [5.74, 6) is -0.921. The van der Waals surface area contributed by atoms with Gasteiger partial charge in [0.15, 0.2) is 0 Å². The number of hydrogen-bond acceptors (Lipinski definition) is 2. The van der Waals surface area contributed by atoms with Crippen molar-refractivity contribution in [2.24, 2.45) is 5.92 Å². The Morgan fingerprint density at radius 3 is 2.62 bits per heavy atom. The normalized spacial score (nSPS) is 29.4. The van der Waals surface area contributed by atoms with Gasteiger partial charge < -0.3 is 10.4 Å². The maximum absolute atomic E-state index is 10.1. The Hall–Kier alpha value is -0.570. The van der Waals surface area contributed by atoms with Crippen molar-refractivity contribution in [1.82, 2.24) is 5.32 Å². The summed E-state index contributed by atoms with van der Waals surface area (Å²) in [6.07, 6.45) is 0. The standard InChI is InChI=1S/C5H9NO2/c1-3(5(7)8)4-2-6-4/h3-4,6H,2H2,1H3,(H,7,8)/t3-,4-/m1/s1. The minimum Gasteiger partial charge on any atom is -0.481 e. The van der Waals surface area contributed by atoms with Crippen LogP contribution in [0.25, 0.3) is 0 Å². The maximum atomic E-state index is 10.1. The molecule has 1 saturated heterocycles. The van der Waals surface area contributed by atoms with Crippen molar-refractivity contribution in [3.8, 4) is 0 Å². The lowest BCUT2D eigenvalue weighted by molar-refractivity contribution is -0.141. The molecule has 3 heteroatoms. The van der Waals surface area contributed by atoms with Gasteiger partial charge in [0.05, 0.1) is 5.92 Å². The molecule has 0 bridgehead atoms. The van der Waals surface area contributed by atoms with Crippen LogP contribution in [0.15, 0.2) is 0 Å². The molecule has 46 valence electrons. The minimum absolute atomic E-state index is 0.213. The van der Waals surface area contributed by atoms with E-state index >= 15 is 0 Å². The van der Waals surface area contributed by atoms with Crippen LogP contribution in [0.3, 0.4) is 0 Å². The lowest BCUT2D eigenvalue weighted by Gasteiger charge is -1.98. The molecule has 8 heavy (non-hydrogen) atoms. The largest absolute Gasteiger partial charge is 0.481 e. The highest BCUT2D eigenvalue weighted by molar-refractivity contribution is 5.71. The van der Waals surface area contributed by atoms with Crippen LogP contribution >= 0.6 is 0 Å². The quantitative estimate of drug-likeness (QED) is 0.485. The van der Waals surface area contributed by atoms with Crippen LogP contribution in [-0.4, -0.2) is 23.7 Å². The highest BCUT2D eigenvalue weighted by atomic mass is 16.4. The number of aliphatic carboxylic acids is 1. The van der Waals surface area contributed by atoms with E-state index in [9.17, 15) is 4.79 Å². The summed E-state index contributed by atoms with van der Waals surface area (Å²) in [6.45, 7) is 2.58. The molecule has 0 spiro atoms. The zero-order valence-corrected chi connectivity index (χ0v) is 4.72. The summed E-state index contributed by atoms with van der Waals surface area (Å²) < 4.78 is 0. The van der Waals surface area contributed by atoms with Crippen LogP contribution in [-0.2, 0) is 4.79 Å². The molecule has 1 aliphatic rings. The van der Waals surface area contributed by atoms with Crippen LogP contribution in [0.1, 0.15) is 6.92 Å². The first kappa shape index (κ1) is 5.56. The van der Waals surface area contributed by atoms with Crippen molar-refractivity contribution in [3.05, 3.63) is 0 Å². The number of nitrogens with one attached hydrogen (secondary N) is 1. The Morgan fingerprint density at radius 1 is 2.00 bits per heavy atom. The number of hydrogen-bond donors (Lipinski definition) is 2. The van der Waals surface area contributed by atoms with Crippen molar-refractivity contribution in [3.63, 3.8) is 0 Å². The van der Waals surface area contributed by atoms with Crippen molar-refractivity contribution < 1.29 is 9.90 Å². The second-order valence-electron chi connectivity index (χ2n) is 2.14. The molecule has 2 atom stereocenters. The van der Waals surface area contributed by atoms with E-state index in [1.807, 2.05) is 0 Å². The average Bonchev–Trinajstić information content (AvgIpc) is 2.43. The monoisotopic (exact) mass is 115 g/mol. The summed E-state index contributed by atoms with van der Waals surface area (Å²) in [5.41, 5.74) is 0. The predicted molar refractivity (Wildman–Crippen MR) is 28.6 cm³/mol. The molecule has 2 N–H and O–H groups in total. The number of rotatable bonds is 2. The Morgan fingerprint density at radius 2 is 2.50 bits per heavy atom. The van der Waals surface area contributed by atoms with Gasteiger partial charge in [-0.25, -0.2) is 0 Å². The van der Waals surface area contributed by atoms with Gasteiger partial charge in [-0.1, -0.05) is 6.92 Å². The SMILES string of the molecule is C[C@@H](C(=O)O)[C@H]1CN1. The van der Waals surface area contributed by atoms with Gasteiger partial charge >= 0.3 is 5.97 Å². The van der Waals surface area contributed by atoms with Gasteiger partial charge in [-0.2, -0.15) is 0 Å². The summed E-state index contributed by atoms with van der Waals surface area (Å²) in [4.78, 5) is 10.1. The molecular weight excluding hydrogens is 106 g/mol. The van der Waals surface area contributed by atoms with Crippen molar-refractivity contribution in [2.75, 3.05) is 6.54 Å². The molecule has 0 aromatic heterocycles. The Labute approximate surface area is 47.7 Å². The first-order valence-corrected chi connectivity index (χ1v) is 2.68. The predicted octanol–water partition coefficient (Wildman–Crippen LogP) is -0.321. The first-order chi connectivity index (χ1) is 3.72. The Balaban J connectivity index is 2.32. The van der Waals surface area contributed by atoms with E-state index in [-0.39, 0.29) is 12.0 Å². The lowest BCUT2D eigenvalue weighted by atomic mass is 10.1. The fraction of sp³-hybridized carbons (Fsp3) is 0.800. The van der Waals surface area contributed by atoms with Gasteiger partial charge in [0.25, 0.3) is 0 Å². The average molecular weight is 115 g/mol.